The molecule has 0 unspecified atom stereocenters. The predicted octanol–water partition coefficient (Wildman–Crippen LogP) is 1.64. The summed E-state index contributed by atoms with van der Waals surface area (Å²) in [5, 5.41) is 0.0869. The van der Waals surface area contributed by atoms with E-state index in [-0.39, 0.29) is 10.6 Å². The second kappa shape index (κ2) is 5.10. The number of benzene rings is 1. The van der Waals surface area contributed by atoms with Gasteiger partial charge in [0.15, 0.2) is 5.82 Å². The van der Waals surface area contributed by atoms with Gasteiger partial charge in [0.25, 0.3) is 5.56 Å². The Hall–Kier alpha value is -2.01. The van der Waals surface area contributed by atoms with Gasteiger partial charge in [-0.2, -0.15) is 0 Å². The Labute approximate surface area is 109 Å². The number of H-pyrrole nitrogens is 1. The number of hydrogen-bond donors (Lipinski definition) is 2. The van der Waals surface area contributed by atoms with Gasteiger partial charge in [-0.25, -0.2) is 4.98 Å². The van der Waals surface area contributed by atoms with Gasteiger partial charge < -0.3 is 15.6 Å². The minimum absolute atomic E-state index is 0.0869. The molecule has 5 nitrogen and oxygen atoms in total. The molecule has 18 heavy (non-hydrogen) atoms. The second-order valence-corrected chi connectivity index (χ2v) is 4.35. The minimum Gasteiger partial charge on any atom is -0.399 e. The highest BCUT2D eigenvalue weighted by Crippen LogP contribution is 2.19. The normalized spacial score (nSPS) is 10.3. The average molecular weight is 265 g/mol. The van der Waals surface area contributed by atoms with Crippen LogP contribution in [0.1, 0.15) is 5.56 Å². The number of hydrogen-bond acceptors (Lipinski definition) is 4. The Kier molecular flexibility index (Phi) is 3.53. The summed E-state index contributed by atoms with van der Waals surface area (Å²) in [6.07, 6.45) is 1.33. The van der Waals surface area contributed by atoms with E-state index in [1.807, 2.05) is 31.3 Å². The summed E-state index contributed by atoms with van der Waals surface area (Å²) in [5.74, 6) is 0.447. The zero-order chi connectivity index (χ0) is 13.1. The molecule has 0 bridgehead atoms. The van der Waals surface area contributed by atoms with E-state index in [2.05, 4.69) is 9.97 Å². The number of aromatic nitrogens is 2. The highest BCUT2D eigenvalue weighted by molar-refractivity contribution is 6.32. The Morgan fingerprint density at radius 2 is 2.28 bits per heavy atom. The van der Waals surface area contributed by atoms with Crippen molar-refractivity contribution in [3.05, 3.63) is 51.5 Å². The molecule has 0 spiro atoms. The fourth-order valence-corrected chi connectivity index (χ4v) is 1.93. The molecule has 2 aromatic rings. The minimum atomic E-state index is -0.346. The van der Waals surface area contributed by atoms with Gasteiger partial charge in [0, 0.05) is 19.3 Å². The van der Waals surface area contributed by atoms with E-state index in [0.717, 1.165) is 5.56 Å². The number of halogens is 1. The van der Waals surface area contributed by atoms with E-state index in [9.17, 15) is 4.79 Å². The second-order valence-electron chi connectivity index (χ2n) is 3.97. The largest absolute Gasteiger partial charge is 0.399 e. The summed E-state index contributed by atoms with van der Waals surface area (Å²) in [7, 11) is 1.82. The number of rotatable bonds is 3. The number of nitrogens with one attached hydrogen (secondary N) is 1. The van der Waals surface area contributed by atoms with Crippen molar-refractivity contribution in [2.45, 2.75) is 6.54 Å². The Balaban J connectivity index is 2.25. The van der Waals surface area contributed by atoms with Crippen LogP contribution >= 0.6 is 11.6 Å². The maximum Gasteiger partial charge on any atom is 0.271 e. The van der Waals surface area contributed by atoms with Crippen molar-refractivity contribution >= 4 is 23.1 Å². The first-order valence-electron chi connectivity index (χ1n) is 5.36. The number of aromatic amines is 1. The van der Waals surface area contributed by atoms with E-state index < -0.39 is 0 Å². The first-order chi connectivity index (χ1) is 8.58. The average Bonchev–Trinajstić information content (AvgIpc) is 2.32. The lowest BCUT2D eigenvalue weighted by Crippen LogP contribution is -2.21. The summed E-state index contributed by atoms with van der Waals surface area (Å²) in [5.41, 5.74) is 7.09. The Morgan fingerprint density at radius 3 is 3.00 bits per heavy atom. The molecule has 1 aromatic heterocycles. The summed E-state index contributed by atoms with van der Waals surface area (Å²) >= 11 is 5.91. The maximum absolute atomic E-state index is 11.4. The molecule has 94 valence electrons. The van der Waals surface area contributed by atoms with E-state index in [4.69, 9.17) is 17.3 Å². The zero-order valence-corrected chi connectivity index (χ0v) is 10.6. The fourth-order valence-electron chi connectivity index (χ4n) is 1.68. The molecule has 0 saturated heterocycles. The number of anilines is 2. The van der Waals surface area contributed by atoms with Gasteiger partial charge in [0.2, 0.25) is 0 Å². The number of nitrogens with two attached hydrogens (primary N) is 1. The predicted molar refractivity (Wildman–Crippen MR) is 72.8 cm³/mol. The Morgan fingerprint density at radius 1 is 1.50 bits per heavy atom. The van der Waals surface area contributed by atoms with Crippen LogP contribution in [0.15, 0.2) is 35.4 Å². The Bertz CT molecular complexity index is 611. The van der Waals surface area contributed by atoms with Crippen molar-refractivity contribution in [1.29, 1.82) is 0 Å². The summed E-state index contributed by atoms with van der Waals surface area (Å²) in [4.78, 5) is 19.7. The molecule has 0 aliphatic heterocycles. The van der Waals surface area contributed by atoms with Gasteiger partial charge in [-0.05, 0) is 17.7 Å². The summed E-state index contributed by atoms with van der Waals surface area (Å²) in [6.45, 7) is 0.571. The molecule has 0 fully saturated rings. The van der Waals surface area contributed by atoms with E-state index in [1.54, 1.807) is 4.90 Å². The van der Waals surface area contributed by atoms with Crippen LogP contribution in [0.3, 0.4) is 0 Å². The third-order valence-electron chi connectivity index (χ3n) is 2.51. The van der Waals surface area contributed by atoms with Crippen LogP contribution in [-0.4, -0.2) is 17.0 Å². The molecule has 2 rings (SSSR count). The lowest BCUT2D eigenvalue weighted by Gasteiger charge is -2.18. The van der Waals surface area contributed by atoms with Gasteiger partial charge in [0.1, 0.15) is 5.02 Å². The lowest BCUT2D eigenvalue weighted by atomic mass is 10.2. The van der Waals surface area contributed by atoms with Crippen LogP contribution < -0.4 is 16.2 Å². The van der Waals surface area contributed by atoms with E-state index in [0.29, 0.717) is 18.1 Å². The van der Waals surface area contributed by atoms with Gasteiger partial charge in [-0.3, -0.25) is 4.79 Å². The molecule has 0 aliphatic rings. The first kappa shape index (κ1) is 12.4. The monoisotopic (exact) mass is 264 g/mol. The number of nitrogens with zero attached hydrogens (tertiary/aromatic N) is 2. The van der Waals surface area contributed by atoms with Crippen molar-refractivity contribution in [1.82, 2.24) is 9.97 Å². The quantitative estimate of drug-likeness (QED) is 0.827. The topological polar surface area (TPSA) is 75.0 Å². The standard InChI is InChI=1S/C12H13ClN4O/c1-17(6-8-3-2-4-9(14)5-8)11-10(13)12(18)16-7-15-11/h2-5,7H,6,14H2,1H3,(H,15,16,18). The smallest absolute Gasteiger partial charge is 0.271 e. The third kappa shape index (κ3) is 2.62. The van der Waals surface area contributed by atoms with Crippen molar-refractivity contribution in [2.24, 2.45) is 0 Å². The molecule has 0 saturated carbocycles. The molecule has 0 aliphatic carbocycles. The van der Waals surface area contributed by atoms with Crippen LogP contribution in [0.4, 0.5) is 11.5 Å². The highest BCUT2D eigenvalue weighted by atomic mass is 35.5. The first-order valence-corrected chi connectivity index (χ1v) is 5.74. The third-order valence-corrected chi connectivity index (χ3v) is 2.85. The number of nitrogen functional groups attached to an aromatic ring is 1. The highest BCUT2D eigenvalue weighted by Gasteiger charge is 2.11. The molecule has 1 heterocycles. The van der Waals surface area contributed by atoms with Crippen LogP contribution in [0.5, 0.6) is 0 Å². The molecule has 6 heteroatoms. The SMILES string of the molecule is CN(Cc1cccc(N)c1)c1nc[nH]c(=O)c1Cl. The van der Waals surface area contributed by atoms with Crippen LogP contribution in [0.25, 0.3) is 0 Å². The van der Waals surface area contributed by atoms with E-state index in [1.165, 1.54) is 6.33 Å². The van der Waals surface area contributed by atoms with Crippen LogP contribution in [0, 0.1) is 0 Å². The molecular weight excluding hydrogens is 252 g/mol. The summed E-state index contributed by atoms with van der Waals surface area (Å²) < 4.78 is 0. The van der Waals surface area contributed by atoms with Gasteiger partial charge in [0.05, 0.1) is 6.33 Å². The van der Waals surface area contributed by atoms with Crippen molar-refractivity contribution in [3.8, 4) is 0 Å². The van der Waals surface area contributed by atoms with Gasteiger partial charge >= 0.3 is 0 Å². The summed E-state index contributed by atoms with van der Waals surface area (Å²) in [6, 6.07) is 7.53. The van der Waals surface area contributed by atoms with Gasteiger partial charge in [-0.1, -0.05) is 23.7 Å². The molecule has 0 atom stereocenters. The molecule has 0 radical (unpaired) electrons. The van der Waals surface area contributed by atoms with Crippen molar-refractivity contribution in [2.75, 3.05) is 17.7 Å². The molecular formula is C12H13ClN4O. The lowest BCUT2D eigenvalue weighted by molar-refractivity contribution is 0.887. The van der Waals surface area contributed by atoms with Gasteiger partial charge in [-0.15, -0.1) is 0 Å². The molecule has 0 amide bonds. The molecule has 1 aromatic carbocycles. The van der Waals surface area contributed by atoms with E-state index >= 15 is 0 Å². The van der Waals surface area contributed by atoms with Crippen LogP contribution in [0.2, 0.25) is 5.02 Å². The van der Waals surface area contributed by atoms with Crippen molar-refractivity contribution in [3.63, 3.8) is 0 Å². The molecule has 3 N–H and O–H groups in total. The fraction of sp³-hybridized carbons (Fsp3) is 0.167. The van der Waals surface area contributed by atoms with Crippen molar-refractivity contribution < 1.29 is 0 Å². The zero-order valence-electron chi connectivity index (χ0n) is 9.85. The maximum atomic E-state index is 11.4. The van der Waals surface area contributed by atoms with Crippen LogP contribution in [-0.2, 0) is 6.54 Å².